The number of aromatic nitrogens is 1. The minimum atomic E-state index is -5.01. The quantitative estimate of drug-likeness (QED) is 0.297. The van der Waals surface area contributed by atoms with E-state index < -0.39 is 35.2 Å². The van der Waals surface area contributed by atoms with E-state index in [1.54, 1.807) is 18.5 Å². The van der Waals surface area contributed by atoms with E-state index in [0.29, 0.717) is 17.7 Å². The molecule has 0 fully saturated rings. The van der Waals surface area contributed by atoms with E-state index in [-0.39, 0.29) is 12.6 Å². The lowest BCUT2D eigenvalue weighted by atomic mass is 9.96. The molecule has 1 aromatic heterocycles. The van der Waals surface area contributed by atoms with Gasteiger partial charge in [-0.25, -0.2) is 4.79 Å². The van der Waals surface area contributed by atoms with Gasteiger partial charge >= 0.3 is 18.4 Å². The predicted octanol–water partition coefficient (Wildman–Crippen LogP) is 7.26. The molecule has 4 nitrogen and oxygen atoms in total. The van der Waals surface area contributed by atoms with Crippen LogP contribution in [0.15, 0.2) is 79.1 Å². The fraction of sp³-hybridized carbons (Fsp3) is 0.120. The Morgan fingerprint density at radius 3 is 2.09 bits per heavy atom. The molecule has 1 heterocycles. The van der Waals surface area contributed by atoms with Crippen LogP contribution in [0.3, 0.4) is 0 Å². The Bertz CT molecular complexity index is 1340. The number of pyridine rings is 1. The van der Waals surface area contributed by atoms with E-state index in [0.717, 1.165) is 21.9 Å². The number of carbonyl (C=O) groups is 1. The Hall–Kier alpha value is -4.08. The lowest BCUT2D eigenvalue weighted by Crippen LogP contribution is -2.28. The van der Waals surface area contributed by atoms with Gasteiger partial charge in [0.25, 0.3) is 0 Å². The van der Waals surface area contributed by atoms with E-state index in [4.69, 9.17) is 0 Å². The van der Waals surface area contributed by atoms with Gasteiger partial charge in [-0.15, -0.1) is 0 Å². The molecule has 35 heavy (non-hydrogen) atoms. The van der Waals surface area contributed by atoms with E-state index in [1.807, 2.05) is 42.5 Å². The van der Waals surface area contributed by atoms with E-state index in [9.17, 15) is 31.1 Å². The standard InChI is InChI=1S/C25H17F6N3O/c26-24(27,28)17-10-18(25(29,30)31)12-19(11-17)34-23(35)33-13-16-6-7-20(15-4-2-1-3-5-15)21-8-9-32-14-22(16)21/h1-12,14H,13H2,(H2,33,34,35). The summed E-state index contributed by atoms with van der Waals surface area (Å²) in [5.74, 6) is 0. The number of amides is 2. The minimum absolute atomic E-state index is 0.00346. The van der Waals surface area contributed by atoms with Gasteiger partial charge in [-0.3, -0.25) is 4.98 Å². The SMILES string of the molecule is O=C(NCc1ccc(-c2ccccc2)c2ccncc12)Nc1cc(C(F)(F)F)cc(C(F)(F)F)c1. The van der Waals surface area contributed by atoms with Crippen molar-refractivity contribution in [3.63, 3.8) is 0 Å². The average Bonchev–Trinajstić information content (AvgIpc) is 2.81. The molecule has 4 rings (SSSR count). The molecule has 0 saturated heterocycles. The van der Waals surface area contributed by atoms with Crippen LogP contribution in [0.1, 0.15) is 16.7 Å². The highest BCUT2D eigenvalue weighted by atomic mass is 19.4. The zero-order valence-electron chi connectivity index (χ0n) is 17.8. The number of halogens is 6. The normalized spacial score (nSPS) is 11.9. The number of rotatable bonds is 4. The number of hydrogen-bond acceptors (Lipinski definition) is 2. The van der Waals surface area contributed by atoms with Gasteiger partial charge in [0.05, 0.1) is 11.1 Å². The van der Waals surface area contributed by atoms with Crippen molar-refractivity contribution >= 4 is 22.5 Å². The Kier molecular flexibility index (Phi) is 6.38. The lowest BCUT2D eigenvalue weighted by Gasteiger charge is -2.15. The Balaban J connectivity index is 1.55. The molecule has 3 aromatic carbocycles. The number of benzene rings is 3. The summed E-state index contributed by atoms with van der Waals surface area (Å²) in [4.78, 5) is 16.5. The van der Waals surface area contributed by atoms with Gasteiger partial charge in [-0.1, -0.05) is 42.5 Å². The van der Waals surface area contributed by atoms with Crippen LogP contribution in [0.4, 0.5) is 36.8 Å². The summed E-state index contributed by atoms with van der Waals surface area (Å²) in [5, 5.41) is 6.15. The molecule has 0 aliphatic rings. The van der Waals surface area contributed by atoms with Gasteiger partial charge in [0.15, 0.2) is 0 Å². The van der Waals surface area contributed by atoms with Crippen LogP contribution in [-0.2, 0) is 18.9 Å². The second kappa shape index (κ2) is 9.28. The van der Waals surface area contributed by atoms with Gasteiger partial charge in [-0.2, -0.15) is 26.3 Å². The third-order valence-electron chi connectivity index (χ3n) is 5.28. The third kappa shape index (κ3) is 5.53. The molecule has 0 unspecified atom stereocenters. The van der Waals surface area contributed by atoms with Crippen molar-refractivity contribution < 1.29 is 31.1 Å². The maximum Gasteiger partial charge on any atom is 0.416 e. The van der Waals surface area contributed by atoms with Crippen molar-refractivity contribution in [2.75, 3.05) is 5.32 Å². The fourth-order valence-corrected chi connectivity index (χ4v) is 3.65. The highest BCUT2D eigenvalue weighted by Crippen LogP contribution is 2.37. The highest BCUT2D eigenvalue weighted by Gasteiger charge is 2.37. The molecule has 0 spiro atoms. The van der Waals surface area contributed by atoms with Gasteiger partial charge in [0, 0.05) is 30.0 Å². The van der Waals surface area contributed by atoms with Crippen molar-refractivity contribution in [3.05, 3.63) is 95.8 Å². The van der Waals surface area contributed by atoms with Crippen LogP contribution in [0.2, 0.25) is 0 Å². The molecule has 0 aliphatic carbocycles. The average molecular weight is 489 g/mol. The van der Waals surface area contributed by atoms with Crippen molar-refractivity contribution in [2.24, 2.45) is 0 Å². The number of anilines is 1. The molecule has 2 N–H and O–H groups in total. The number of carbonyl (C=O) groups excluding carboxylic acids is 1. The van der Waals surface area contributed by atoms with Crippen molar-refractivity contribution in [1.82, 2.24) is 10.3 Å². The molecular weight excluding hydrogens is 472 g/mol. The Labute approximate surface area is 195 Å². The van der Waals surface area contributed by atoms with Gasteiger partial charge in [0.1, 0.15) is 0 Å². The molecule has 0 atom stereocenters. The van der Waals surface area contributed by atoms with E-state index in [1.165, 1.54) is 0 Å². The Morgan fingerprint density at radius 1 is 0.800 bits per heavy atom. The van der Waals surface area contributed by atoms with Crippen molar-refractivity contribution in [2.45, 2.75) is 18.9 Å². The molecule has 0 radical (unpaired) electrons. The fourth-order valence-electron chi connectivity index (χ4n) is 3.65. The van der Waals surface area contributed by atoms with Crippen LogP contribution in [0.25, 0.3) is 21.9 Å². The first-order chi connectivity index (χ1) is 16.5. The topological polar surface area (TPSA) is 54.0 Å². The van der Waals surface area contributed by atoms with E-state index >= 15 is 0 Å². The number of nitrogens with one attached hydrogen (secondary N) is 2. The number of fused-ring (bicyclic) bond motifs is 1. The largest absolute Gasteiger partial charge is 0.416 e. The second-order valence-electron chi connectivity index (χ2n) is 7.66. The van der Waals surface area contributed by atoms with E-state index in [2.05, 4.69) is 15.6 Å². The summed E-state index contributed by atoms with van der Waals surface area (Å²) >= 11 is 0. The molecule has 0 bridgehead atoms. The predicted molar refractivity (Wildman–Crippen MR) is 119 cm³/mol. The zero-order valence-corrected chi connectivity index (χ0v) is 17.8. The van der Waals surface area contributed by atoms with Gasteiger partial charge < -0.3 is 10.6 Å². The van der Waals surface area contributed by atoms with Crippen molar-refractivity contribution in [1.29, 1.82) is 0 Å². The van der Waals surface area contributed by atoms with Crippen LogP contribution in [0.5, 0.6) is 0 Å². The first-order valence-electron chi connectivity index (χ1n) is 10.3. The molecule has 0 saturated carbocycles. The van der Waals surface area contributed by atoms with Gasteiger partial charge in [0.2, 0.25) is 0 Å². The zero-order chi connectivity index (χ0) is 25.2. The molecule has 2 amide bonds. The first-order valence-corrected chi connectivity index (χ1v) is 10.3. The number of nitrogens with zero attached hydrogens (tertiary/aromatic N) is 1. The van der Waals surface area contributed by atoms with Crippen LogP contribution in [0, 0.1) is 0 Å². The number of hydrogen-bond donors (Lipinski definition) is 2. The third-order valence-corrected chi connectivity index (χ3v) is 5.28. The van der Waals surface area contributed by atoms with Crippen LogP contribution >= 0.6 is 0 Å². The first kappa shape index (κ1) is 24.1. The molecular formula is C25H17F6N3O. The summed E-state index contributed by atoms with van der Waals surface area (Å²) in [7, 11) is 0. The molecule has 0 aliphatic heterocycles. The molecule has 10 heteroatoms. The summed E-state index contributed by atoms with van der Waals surface area (Å²) in [5.41, 5.74) is -1.07. The van der Waals surface area contributed by atoms with Crippen LogP contribution < -0.4 is 10.6 Å². The minimum Gasteiger partial charge on any atom is -0.334 e. The summed E-state index contributed by atoms with van der Waals surface area (Å²) in [6, 6.07) is 15.0. The van der Waals surface area contributed by atoms with Crippen molar-refractivity contribution in [3.8, 4) is 11.1 Å². The summed E-state index contributed by atoms with van der Waals surface area (Å²) < 4.78 is 78.3. The van der Waals surface area contributed by atoms with Gasteiger partial charge in [-0.05, 0) is 46.3 Å². The lowest BCUT2D eigenvalue weighted by molar-refractivity contribution is -0.143. The molecule has 4 aromatic rings. The second-order valence-corrected chi connectivity index (χ2v) is 7.66. The monoisotopic (exact) mass is 489 g/mol. The summed E-state index contributed by atoms with van der Waals surface area (Å²) in [6.45, 7) is -0.0335. The number of alkyl halides is 6. The van der Waals surface area contributed by atoms with Crippen LogP contribution in [-0.4, -0.2) is 11.0 Å². The highest BCUT2D eigenvalue weighted by molar-refractivity contribution is 5.98. The maximum atomic E-state index is 13.0. The number of urea groups is 1. The Morgan fingerprint density at radius 2 is 1.46 bits per heavy atom. The maximum absolute atomic E-state index is 13.0. The molecule has 180 valence electrons. The summed E-state index contributed by atoms with van der Waals surface area (Å²) in [6.07, 6.45) is -6.77. The smallest absolute Gasteiger partial charge is 0.334 e.